The average molecular weight is 288 g/mol. The zero-order valence-electron chi connectivity index (χ0n) is 11.2. The monoisotopic (exact) mass is 288 g/mol. The zero-order chi connectivity index (χ0) is 15.1. The minimum absolute atomic E-state index is 0.0523. The number of hydrogen-bond donors (Lipinski definition) is 1. The van der Waals surface area contributed by atoms with Gasteiger partial charge in [-0.05, 0) is 13.3 Å². The Bertz CT molecular complexity index is 904. The van der Waals surface area contributed by atoms with E-state index in [1.165, 1.54) is 10.7 Å². The predicted octanol–water partition coefficient (Wildman–Crippen LogP) is -0.693. The maximum Gasteiger partial charge on any atom is 0.276 e. The molecule has 9 nitrogen and oxygen atoms in total. The predicted molar refractivity (Wildman–Crippen MR) is 67.6 cm³/mol. The first-order valence-corrected chi connectivity index (χ1v) is 6.18. The molecule has 0 aromatic carbocycles. The fourth-order valence-electron chi connectivity index (χ4n) is 2.14. The number of nitrogens with zero attached hydrogens (tertiary/aromatic N) is 4. The number of nitrogens with one attached hydrogen (secondary N) is 1. The second-order valence-corrected chi connectivity index (χ2v) is 4.39. The van der Waals surface area contributed by atoms with Crippen LogP contribution in [-0.2, 0) is 6.42 Å². The molecule has 9 heteroatoms. The summed E-state index contributed by atoms with van der Waals surface area (Å²) in [5, 5.41) is 16.7. The highest BCUT2D eigenvalue weighted by molar-refractivity contribution is 5.82. The number of fused-ring (bicyclic) bond motifs is 1. The van der Waals surface area contributed by atoms with Crippen molar-refractivity contribution in [2.24, 2.45) is 0 Å². The SMILES string of the molecule is CCc1c(C)nc2c(-c3nc(C(=O)[O-])no3)c[nH]n2c1=O. The molecule has 0 radical (unpaired) electrons. The molecule has 0 unspecified atom stereocenters. The molecule has 0 spiro atoms. The highest BCUT2D eigenvalue weighted by atomic mass is 16.5. The fraction of sp³-hybridized carbons (Fsp3) is 0.250. The van der Waals surface area contributed by atoms with E-state index in [9.17, 15) is 14.7 Å². The summed E-state index contributed by atoms with van der Waals surface area (Å²) < 4.78 is 6.11. The zero-order valence-corrected chi connectivity index (χ0v) is 11.2. The summed E-state index contributed by atoms with van der Waals surface area (Å²) in [5.41, 5.74) is 1.62. The van der Waals surface area contributed by atoms with Crippen LogP contribution in [0, 0.1) is 6.92 Å². The molecule has 0 saturated heterocycles. The molecular formula is C12H10N5O4-. The quantitative estimate of drug-likeness (QED) is 0.674. The third kappa shape index (κ3) is 1.90. The topological polar surface area (TPSA) is 129 Å². The van der Waals surface area contributed by atoms with Gasteiger partial charge in [-0.2, -0.15) is 4.98 Å². The first-order chi connectivity index (χ1) is 10.0. The third-order valence-electron chi connectivity index (χ3n) is 3.15. The van der Waals surface area contributed by atoms with Crippen LogP contribution in [-0.4, -0.2) is 30.7 Å². The van der Waals surface area contributed by atoms with E-state index in [0.717, 1.165) is 0 Å². The maximum absolute atomic E-state index is 12.3. The number of aromatic amines is 1. The van der Waals surface area contributed by atoms with Gasteiger partial charge >= 0.3 is 0 Å². The van der Waals surface area contributed by atoms with Gasteiger partial charge < -0.3 is 14.4 Å². The number of carboxylic acid groups (broad SMARTS) is 1. The van der Waals surface area contributed by atoms with Crippen LogP contribution < -0.4 is 10.7 Å². The van der Waals surface area contributed by atoms with Crippen molar-refractivity contribution < 1.29 is 14.4 Å². The van der Waals surface area contributed by atoms with Crippen molar-refractivity contribution in [3.8, 4) is 11.5 Å². The Balaban J connectivity index is 2.25. The summed E-state index contributed by atoms with van der Waals surface area (Å²) in [4.78, 5) is 31.0. The van der Waals surface area contributed by atoms with Crippen molar-refractivity contribution >= 4 is 11.6 Å². The molecule has 3 aromatic heterocycles. The Labute approximate surface area is 117 Å². The Morgan fingerprint density at radius 1 is 1.48 bits per heavy atom. The number of aromatic nitrogens is 5. The van der Waals surface area contributed by atoms with E-state index >= 15 is 0 Å². The largest absolute Gasteiger partial charge is 0.541 e. The van der Waals surface area contributed by atoms with Crippen LogP contribution in [0.3, 0.4) is 0 Å². The second-order valence-electron chi connectivity index (χ2n) is 4.39. The van der Waals surface area contributed by atoms with E-state index in [2.05, 4.69) is 20.2 Å². The van der Waals surface area contributed by atoms with Gasteiger partial charge in [0.2, 0.25) is 5.82 Å². The lowest BCUT2D eigenvalue weighted by Gasteiger charge is -2.02. The van der Waals surface area contributed by atoms with Crippen LogP contribution in [0.2, 0.25) is 0 Å². The number of carboxylic acids is 1. The summed E-state index contributed by atoms with van der Waals surface area (Å²) in [6.07, 6.45) is 2.01. The van der Waals surface area contributed by atoms with Gasteiger partial charge in [-0.1, -0.05) is 12.1 Å². The number of H-pyrrole nitrogens is 1. The van der Waals surface area contributed by atoms with Gasteiger partial charge in [0.05, 0.1) is 0 Å². The highest BCUT2D eigenvalue weighted by Crippen LogP contribution is 2.21. The van der Waals surface area contributed by atoms with Crippen LogP contribution >= 0.6 is 0 Å². The van der Waals surface area contributed by atoms with Crippen LogP contribution in [0.4, 0.5) is 0 Å². The Kier molecular flexibility index (Phi) is 2.82. The van der Waals surface area contributed by atoms with Crippen LogP contribution in [0.5, 0.6) is 0 Å². The van der Waals surface area contributed by atoms with Crippen LogP contribution in [0.25, 0.3) is 17.1 Å². The van der Waals surface area contributed by atoms with Gasteiger partial charge in [0, 0.05) is 17.5 Å². The van der Waals surface area contributed by atoms with Crippen LogP contribution in [0.15, 0.2) is 15.5 Å². The summed E-state index contributed by atoms with van der Waals surface area (Å²) in [6.45, 7) is 3.60. The first kappa shape index (κ1) is 13.0. The van der Waals surface area contributed by atoms with Crippen LogP contribution in [0.1, 0.15) is 28.8 Å². The number of rotatable bonds is 3. The van der Waals surface area contributed by atoms with Gasteiger partial charge in [0.15, 0.2) is 5.65 Å². The summed E-state index contributed by atoms with van der Waals surface area (Å²) >= 11 is 0. The molecule has 0 atom stereocenters. The second kappa shape index (κ2) is 4.54. The number of aromatic carboxylic acids is 1. The Hall–Kier alpha value is -2.97. The molecule has 21 heavy (non-hydrogen) atoms. The molecule has 0 amide bonds. The van der Waals surface area contributed by atoms with Gasteiger partial charge in [-0.25, -0.2) is 9.50 Å². The van der Waals surface area contributed by atoms with E-state index < -0.39 is 11.8 Å². The molecule has 108 valence electrons. The summed E-state index contributed by atoms with van der Waals surface area (Å²) in [6, 6.07) is 0. The summed E-state index contributed by atoms with van der Waals surface area (Å²) in [5.74, 6) is -2.16. The number of carbonyl (C=O) groups is 1. The number of carbonyl (C=O) groups excluding carboxylic acids is 1. The van der Waals surface area contributed by atoms with E-state index in [-0.39, 0.29) is 11.4 Å². The van der Waals surface area contributed by atoms with Gasteiger partial charge in [-0.15, -0.1) is 0 Å². The van der Waals surface area contributed by atoms with Gasteiger partial charge in [0.25, 0.3) is 11.4 Å². The lowest BCUT2D eigenvalue weighted by atomic mass is 10.2. The smallest absolute Gasteiger partial charge is 0.276 e. The molecule has 3 heterocycles. The molecule has 3 aromatic rings. The van der Waals surface area contributed by atoms with Gasteiger partial charge in [0.1, 0.15) is 11.5 Å². The van der Waals surface area contributed by atoms with Crippen molar-refractivity contribution in [2.45, 2.75) is 20.3 Å². The lowest BCUT2D eigenvalue weighted by Crippen LogP contribution is -2.23. The van der Waals surface area contributed by atoms with Crippen molar-refractivity contribution in [3.63, 3.8) is 0 Å². The average Bonchev–Trinajstić information content (AvgIpc) is 3.04. The maximum atomic E-state index is 12.3. The molecule has 0 aliphatic heterocycles. The normalized spacial score (nSPS) is 11.1. The summed E-state index contributed by atoms with van der Waals surface area (Å²) in [7, 11) is 0. The number of hydrogen-bond acceptors (Lipinski definition) is 7. The minimum Gasteiger partial charge on any atom is -0.541 e. The Morgan fingerprint density at radius 3 is 2.86 bits per heavy atom. The van der Waals surface area contributed by atoms with Crippen molar-refractivity contribution in [1.82, 2.24) is 24.7 Å². The van der Waals surface area contributed by atoms with E-state index in [4.69, 9.17) is 4.52 Å². The highest BCUT2D eigenvalue weighted by Gasteiger charge is 2.18. The molecule has 0 aliphatic carbocycles. The van der Waals surface area contributed by atoms with E-state index in [1.807, 2.05) is 6.92 Å². The van der Waals surface area contributed by atoms with Crippen molar-refractivity contribution in [3.05, 3.63) is 33.6 Å². The molecule has 0 aliphatic rings. The molecule has 1 N–H and O–H groups in total. The fourth-order valence-corrected chi connectivity index (χ4v) is 2.14. The Morgan fingerprint density at radius 2 is 2.24 bits per heavy atom. The first-order valence-electron chi connectivity index (χ1n) is 6.18. The molecular weight excluding hydrogens is 278 g/mol. The standard InChI is InChI=1S/C12H11N5O4/c1-3-6-5(2)14-9-7(4-13-17(9)11(6)18)10-15-8(12(19)20)16-21-10/h4,13H,3H2,1-2H3,(H,19,20)/p-1. The van der Waals surface area contributed by atoms with Crippen molar-refractivity contribution in [1.29, 1.82) is 0 Å². The molecule has 3 rings (SSSR count). The van der Waals surface area contributed by atoms with E-state index in [1.54, 1.807) is 6.92 Å². The van der Waals surface area contributed by atoms with Gasteiger partial charge in [-0.3, -0.25) is 9.89 Å². The lowest BCUT2D eigenvalue weighted by molar-refractivity contribution is -0.256. The minimum atomic E-state index is -1.54. The molecule has 0 bridgehead atoms. The van der Waals surface area contributed by atoms with E-state index in [0.29, 0.717) is 28.9 Å². The van der Waals surface area contributed by atoms with Crippen molar-refractivity contribution in [2.75, 3.05) is 0 Å². The third-order valence-corrected chi connectivity index (χ3v) is 3.15. The molecule has 0 saturated carbocycles. The number of aryl methyl sites for hydroxylation is 1. The molecule has 0 fully saturated rings.